The Bertz CT molecular complexity index is 652. The number of amides is 1. The predicted molar refractivity (Wildman–Crippen MR) is 82.5 cm³/mol. The van der Waals surface area contributed by atoms with Gasteiger partial charge in [-0.05, 0) is 18.2 Å². The molecule has 0 aliphatic carbocycles. The highest BCUT2D eigenvalue weighted by Gasteiger charge is 2.18. The molecular weight excluding hydrogens is 284 g/mol. The molecule has 2 rings (SSSR count). The van der Waals surface area contributed by atoms with Crippen molar-refractivity contribution in [2.45, 2.75) is 6.42 Å². The summed E-state index contributed by atoms with van der Waals surface area (Å²) in [4.78, 5) is 28.3. The summed E-state index contributed by atoms with van der Waals surface area (Å²) in [5, 5.41) is 0. The van der Waals surface area contributed by atoms with Gasteiger partial charge in [-0.3, -0.25) is 4.79 Å². The Morgan fingerprint density at radius 1 is 1.45 bits per heavy atom. The van der Waals surface area contributed by atoms with E-state index in [0.29, 0.717) is 42.0 Å². The molecule has 0 unspecified atom stereocenters. The molecule has 0 spiro atoms. The lowest BCUT2D eigenvalue weighted by Gasteiger charge is -2.25. The van der Waals surface area contributed by atoms with E-state index in [4.69, 9.17) is 11.5 Å². The molecule has 0 bridgehead atoms. The van der Waals surface area contributed by atoms with Crippen LogP contribution in [0.5, 0.6) is 0 Å². The minimum atomic E-state index is -0.445. The summed E-state index contributed by atoms with van der Waals surface area (Å²) >= 11 is 0. The van der Waals surface area contributed by atoms with Gasteiger partial charge in [0.25, 0.3) is 0 Å². The number of nitrogens with two attached hydrogens (primary N) is 2. The van der Waals surface area contributed by atoms with E-state index in [2.05, 4.69) is 9.73 Å². The Morgan fingerprint density at radius 2 is 2.23 bits per heavy atom. The number of methoxy groups -OCH3 is 1. The molecule has 0 atom stereocenters. The zero-order valence-electron chi connectivity index (χ0n) is 12.3. The molecule has 1 heterocycles. The van der Waals surface area contributed by atoms with Crippen LogP contribution in [-0.2, 0) is 9.53 Å². The summed E-state index contributed by atoms with van der Waals surface area (Å²) < 4.78 is 4.66. The monoisotopic (exact) mass is 302 g/mol. The molecule has 7 nitrogen and oxygen atoms in total. The van der Waals surface area contributed by atoms with E-state index in [1.165, 1.54) is 7.11 Å². The number of aliphatic imine (C=N–C) groups is 1. The number of carbonyl (C=O) groups is 2. The third-order valence-corrected chi connectivity index (χ3v) is 3.39. The fourth-order valence-corrected chi connectivity index (χ4v) is 2.16. The maximum atomic E-state index is 11.5. The maximum absolute atomic E-state index is 11.5. The molecule has 0 saturated carbocycles. The van der Waals surface area contributed by atoms with Crippen molar-refractivity contribution >= 4 is 23.9 Å². The van der Waals surface area contributed by atoms with Crippen molar-refractivity contribution in [1.29, 1.82) is 0 Å². The van der Waals surface area contributed by atoms with Crippen molar-refractivity contribution in [2.75, 3.05) is 20.2 Å². The van der Waals surface area contributed by atoms with Gasteiger partial charge in [0.15, 0.2) is 0 Å². The standard InChI is InChI=1S/C15H18N4O3/c1-22-15(21)10-3-2-4-11(7-10)18-14(17)12-8-19(9-20)6-5-13(12)16/h2-4,7,9H,5-6,8,16H2,1H3,(H2,17,18). The number of carbonyl (C=O) groups excluding carboxylic acids is 2. The summed E-state index contributed by atoms with van der Waals surface area (Å²) in [5.74, 6) is -0.204. The van der Waals surface area contributed by atoms with Crippen LogP contribution in [0.15, 0.2) is 40.5 Å². The number of hydrogen-bond acceptors (Lipinski definition) is 5. The summed E-state index contributed by atoms with van der Waals surface area (Å²) in [7, 11) is 1.31. The molecule has 0 fully saturated rings. The first-order chi connectivity index (χ1) is 10.5. The minimum Gasteiger partial charge on any atom is -0.465 e. The molecule has 1 aromatic rings. The van der Waals surface area contributed by atoms with Crippen LogP contribution in [0.1, 0.15) is 16.8 Å². The molecule has 0 saturated heterocycles. The summed E-state index contributed by atoms with van der Waals surface area (Å²) in [6, 6.07) is 6.62. The number of rotatable bonds is 4. The van der Waals surface area contributed by atoms with Crippen molar-refractivity contribution in [1.82, 2.24) is 4.90 Å². The molecule has 1 aliphatic rings. The Morgan fingerprint density at radius 3 is 2.91 bits per heavy atom. The van der Waals surface area contributed by atoms with Crippen molar-refractivity contribution in [3.63, 3.8) is 0 Å². The van der Waals surface area contributed by atoms with Crippen LogP contribution in [-0.4, -0.2) is 43.3 Å². The van der Waals surface area contributed by atoms with E-state index in [9.17, 15) is 9.59 Å². The molecule has 7 heteroatoms. The molecule has 1 amide bonds. The van der Waals surface area contributed by atoms with E-state index in [0.717, 1.165) is 6.41 Å². The van der Waals surface area contributed by atoms with Gasteiger partial charge in [-0.15, -0.1) is 0 Å². The van der Waals surface area contributed by atoms with E-state index in [1.54, 1.807) is 29.2 Å². The minimum absolute atomic E-state index is 0.242. The Kier molecular flexibility index (Phi) is 4.77. The van der Waals surface area contributed by atoms with Crippen molar-refractivity contribution in [3.05, 3.63) is 41.1 Å². The van der Waals surface area contributed by atoms with Crippen molar-refractivity contribution in [3.8, 4) is 0 Å². The third-order valence-electron chi connectivity index (χ3n) is 3.39. The largest absolute Gasteiger partial charge is 0.465 e. The average molecular weight is 302 g/mol. The molecule has 4 N–H and O–H groups in total. The van der Waals surface area contributed by atoms with Gasteiger partial charge < -0.3 is 21.1 Å². The molecular formula is C15H18N4O3. The molecule has 1 aromatic carbocycles. The van der Waals surface area contributed by atoms with Gasteiger partial charge in [-0.2, -0.15) is 0 Å². The van der Waals surface area contributed by atoms with Gasteiger partial charge >= 0.3 is 5.97 Å². The van der Waals surface area contributed by atoms with Gasteiger partial charge in [0.05, 0.1) is 24.9 Å². The number of benzene rings is 1. The van der Waals surface area contributed by atoms with E-state index >= 15 is 0 Å². The third kappa shape index (κ3) is 3.43. The molecule has 0 aromatic heterocycles. The highest BCUT2D eigenvalue weighted by Crippen LogP contribution is 2.18. The second kappa shape index (κ2) is 6.75. The van der Waals surface area contributed by atoms with Gasteiger partial charge in [-0.25, -0.2) is 9.79 Å². The molecule has 22 heavy (non-hydrogen) atoms. The van der Waals surface area contributed by atoms with Gasteiger partial charge in [0, 0.05) is 24.2 Å². The molecule has 0 radical (unpaired) electrons. The first-order valence-corrected chi connectivity index (χ1v) is 6.75. The SMILES string of the molecule is COC(=O)c1cccc(N=C(N)C2=C(N)CCN(C=O)C2)c1. The van der Waals surface area contributed by atoms with Crippen LogP contribution in [0.3, 0.4) is 0 Å². The molecule has 116 valence electrons. The van der Waals surface area contributed by atoms with E-state index in [-0.39, 0.29) is 5.84 Å². The first-order valence-electron chi connectivity index (χ1n) is 6.75. The van der Waals surface area contributed by atoms with Crippen LogP contribution in [0.2, 0.25) is 0 Å². The topological polar surface area (TPSA) is 111 Å². The summed E-state index contributed by atoms with van der Waals surface area (Å²) in [6.45, 7) is 0.908. The van der Waals surface area contributed by atoms with Crippen LogP contribution in [0, 0.1) is 0 Å². The normalized spacial score (nSPS) is 15.7. The summed E-state index contributed by atoms with van der Waals surface area (Å²) in [6.07, 6.45) is 1.32. The van der Waals surface area contributed by atoms with Crippen molar-refractivity contribution < 1.29 is 14.3 Å². The lowest BCUT2D eigenvalue weighted by Crippen LogP contribution is -2.37. The van der Waals surface area contributed by atoms with Crippen LogP contribution < -0.4 is 11.5 Å². The van der Waals surface area contributed by atoms with E-state index < -0.39 is 5.97 Å². The highest BCUT2D eigenvalue weighted by molar-refractivity contribution is 6.00. The Balaban J connectivity index is 2.28. The van der Waals surface area contributed by atoms with Crippen LogP contribution in [0.25, 0.3) is 0 Å². The van der Waals surface area contributed by atoms with Crippen LogP contribution >= 0.6 is 0 Å². The van der Waals surface area contributed by atoms with Crippen molar-refractivity contribution in [2.24, 2.45) is 16.5 Å². The first kappa shape index (κ1) is 15.6. The Labute approximate surface area is 128 Å². The van der Waals surface area contributed by atoms with E-state index in [1.807, 2.05) is 0 Å². The number of hydrogen-bond donors (Lipinski definition) is 2. The molecule has 1 aliphatic heterocycles. The average Bonchev–Trinajstić information content (AvgIpc) is 2.54. The lowest BCUT2D eigenvalue weighted by atomic mass is 10.1. The van der Waals surface area contributed by atoms with Crippen LogP contribution in [0.4, 0.5) is 5.69 Å². The smallest absolute Gasteiger partial charge is 0.337 e. The second-order valence-electron chi connectivity index (χ2n) is 4.87. The quantitative estimate of drug-likeness (QED) is 0.365. The fourth-order valence-electron chi connectivity index (χ4n) is 2.16. The number of nitrogens with zero attached hydrogens (tertiary/aromatic N) is 2. The van der Waals surface area contributed by atoms with Gasteiger partial charge in [0.2, 0.25) is 6.41 Å². The van der Waals surface area contributed by atoms with Gasteiger partial charge in [-0.1, -0.05) is 6.07 Å². The Hall–Kier alpha value is -2.83. The maximum Gasteiger partial charge on any atom is 0.337 e. The second-order valence-corrected chi connectivity index (χ2v) is 4.87. The number of ether oxygens (including phenoxy) is 1. The lowest BCUT2D eigenvalue weighted by molar-refractivity contribution is -0.117. The summed E-state index contributed by atoms with van der Waals surface area (Å²) in [5.41, 5.74) is 14.1. The number of esters is 1. The highest BCUT2D eigenvalue weighted by atomic mass is 16.5. The zero-order chi connectivity index (χ0) is 16.1. The zero-order valence-corrected chi connectivity index (χ0v) is 12.3. The predicted octanol–water partition coefficient (Wildman–Crippen LogP) is 0.537. The van der Waals surface area contributed by atoms with Gasteiger partial charge in [0.1, 0.15) is 5.84 Å². The number of amidine groups is 1. The fraction of sp³-hybridized carbons (Fsp3) is 0.267.